The second kappa shape index (κ2) is 4.77. The molecule has 96 valence electrons. The van der Waals surface area contributed by atoms with Gasteiger partial charge in [-0.15, -0.1) is 0 Å². The van der Waals surface area contributed by atoms with Gasteiger partial charge in [-0.05, 0) is 62.4 Å². The summed E-state index contributed by atoms with van der Waals surface area (Å²) in [6.45, 7) is 4.55. The number of hydrogen-bond donors (Lipinski definition) is 1. The molecule has 0 aliphatic carbocycles. The standard InChI is InChI=1S/C16H22N2/c1-12-5-6-15-14(11-18(2)16(15)8-12)9-13-4-3-7-17-10-13/h5-6,8,11,13,17H,3-4,7,9-10H2,1-2H3. The van der Waals surface area contributed by atoms with Gasteiger partial charge in [0, 0.05) is 24.1 Å². The minimum Gasteiger partial charge on any atom is -0.350 e. The van der Waals surface area contributed by atoms with Crippen LogP contribution in [0.1, 0.15) is 24.0 Å². The number of fused-ring (bicyclic) bond motifs is 1. The van der Waals surface area contributed by atoms with Gasteiger partial charge in [0.1, 0.15) is 0 Å². The maximum absolute atomic E-state index is 3.51. The lowest BCUT2D eigenvalue weighted by Crippen LogP contribution is -2.30. The molecule has 2 heterocycles. The van der Waals surface area contributed by atoms with Gasteiger partial charge >= 0.3 is 0 Å². The highest BCUT2D eigenvalue weighted by Gasteiger charge is 2.16. The van der Waals surface area contributed by atoms with E-state index in [9.17, 15) is 0 Å². The topological polar surface area (TPSA) is 17.0 Å². The molecule has 1 aliphatic heterocycles. The number of benzene rings is 1. The fourth-order valence-electron chi connectivity index (χ4n) is 3.15. The van der Waals surface area contributed by atoms with Crippen LogP contribution in [0.2, 0.25) is 0 Å². The van der Waals surface area contributed by atoms with Crippen molar-refractivity contribution in [3.05, 3.63) is 35.5 Å². The van der Waals surface area contributed by atoms with Crippen molar-refractivity contribution in [2.45, 2.75) is 26.2 Å². The maximum Gasteiger partial charge on any atom is 0.0483 e. The van der Waals surface area contributed by atoms with Gasteiger partial charge in [-0.2, -0.15) is 0 Å². The lowest BCUT2D eigenvalue weighted by atomic mass is 9.92. The van der Waals surface area contributed by atoms with Crippen LogP contribution >= 0.6 is 0 Å². The van der Waals surface area contributed by atoms with Gasteiger partial charge in [-0.1, -0.05) is 12.1 Å². The normalized spacial score (nSPS) is 20.4. The van der Waals surface area contributed by atoms with Crippen molar-refractivity contribution in [1.29, 1.82) is 0 Å². The Bertz CT molecular complexity index is 547. The van der Waals surface area contributed by atoms with Crippen LogP contribution in [-0.4, -0.2) is 17.7 Å². The molecular formula is C16H22N2. The average molecular weight is 242 g/mol. The molecule has 1 fully saturated rings. The molecule has 1 saturated heterocycles. The number of nitrogens with one attached hydrogen (secondary N) is 1. The summed E-state index contributed by atoms with van der Waals surface area (Å²) < 4.78 is 2.27. The fraction of sp³-hybridized carbons (Fsp3) is 0.500. The zero-order chi connectivity index (χ0) is 12.5. The summed E-state index contributed by atoms with van der Waals surface area (Å²) in [5.41, 5.74) is 4.23. The van der Waals surface area contributed by atoms with Gasteiger partial charge in [-0.25, -0.2) is 0 Å². The first kappa shape index (κ1) is 11.8. The Morgan fingerprint density at radius 2 is 2.28 bits per heavy atom. The summed E-state index contributed by atoms with van der Waals surface area (Å²) in [7, 11) is 2.16. The lowest BCUT2D eigenvalue weighted by Gasteiger charge is -2.22. The van der Waals surface area contributed by atoms with Gasteiger partial charge < -0.3 is 9.88 Å². The lowest BCUT2D eigenvalue weighted by molar-refractivity contribution is 0.376. The van der Waals surface area contributed by atoms with Gasteiger partial charge in [0.15, 0.2) is 0 Å². The van der Waals surface area contributed by atoms with Crippen LogP contribution in [0.5, 0.6) is 0 Å². The van der Waals surface area contributed by atoms with Gasteiger partial charge in [-0.3, -0.25) is 0 Å². The second-order valence-electron chi connectivity index (χ2n) is 5.70. The molecule has 1 aliphatic rings. The van der Waals surface area contributed by atoms with Crippen molar-refractivity contribution >= 4 is 10.9 Å². The number of nitrogens with zero attached hydrogens (tertiary/aromatic N) is 1. The number of aromatic nitrogens is 1. The molecule has 0 radical (unpaired) electrons. The van der Waals surface area contributed by atoms with E-state index in [1.807, 2.05) is 0 Å². The minimum atomic E-state index is 0.811. The van der Waals surface area contributed by atoms with E-state index in [0.29, 0.717) is 0 Å². The zero-order valence-corrected chi connectivity index (χ0v) is 11.4. The van der Waals surface area contributed by atoms with Crippen molar-refractivity contribution in [2.24, 2.45) is 13.0 Å². The number of aryl methyl sites for hydroxylation is 2. The van der Waals surface area contributed by atoms with Crippen LogP contribution in [0.25, 0.3) is 10.9 Å². The van der Waals surface area contributed by atoms with Crippen LogP contribution in [0.15, 0.2) is 24.4 Å². The second-order valence-corrected chi connectivity index (χ2v) is 5.70. The van der Waals surface area contributed by atoms with Crippen molar-refractivity contribution in [2.75, 3.05) is 13.1 Å². The summed E-state index contributed by atoms with van der Waals surface area (Å²) in [4.78, 5) is 0. The van der Waals surface area contributed by atoms with E-state index in [4.69, 9.17) is 0 Å². The van der Waals surface area contributed by atoms with Gasteiger partial charge in [0.25, 0.3) is 0 Å². The van der Waals surface area contributed by atoms with Crippen molar-refractivity contribution < 1.29 is 0 Å². The quantitative estimate of drug-likeness (QED) is 0.856. The highest BCUT2D eigenvalue weighted by molar-refractivity contribution is 5.84. The highest BCUT2D eigenvalue weighted by atomic mass is 14.9. The number of hydrogen-bond acceptors (Lipinski definition) is 1. The molecular weight excluding hydrogens is 220 g/mol. The third-order valence-electron chi connectivity index (χ3n) is 4.14. The summed E-state index contributed by atoms with van der Waals surface area (Å²) >= 11 is 0. The van der Waals surface area contributed by atoms with Crippen LogP contribution in [0.4, 0.5) is 0 Å². The minimum absolute atomic E-state index is 0.811. The predicted molar refractivity (Wildman–Crippen MR) is 77.0 cm³/mol. The molecule has 2 heteroatoms. The maximum atomic E-state index is 3.51. The molecule has 0 spiro atoms. The Balaban J connectivity index is 1.91. The zero-order valence-electron chi connectivity index (χ0n) is 11.4. The highest BCUT2D eigenvalue weighted by Crippen LogP contribution is 2.26. The largest absolute Gasteiger partial charge is 0.350 e. The first-order valence-electron chi connectivity index (χ1n) is 6.99. The summed E-state index contributed by atoms with van der Waals surface area (Å²) in [6, 6.07) is 6.80. The first-order valence-corrected chi connectivity index (χ1v) is 6.99. The Morgan fingerprint density at radius 1 is 1.39 bits per heavy atom. The van der Waals surface area contributed by atoms with Crippen molar-refractivity contribution in [3.8, 4) is 0 Å². The van der Waals surface area contributed by atoms with Gasteiger partial charge in [0.05, 0.1) is 0 Å². The molecule has 2 nitrogen and oxygen atoms in total. The van der Waals surface area contributed by atoms with E-state index in [1.54, 1.807) is 0 Å². The number of piperidine rings is 1. The third-order valence-corrected chi connectivity index (χ3v) is 4.14. The SMILES string of the molecule is Cc1ccc2c(CC3CCCNC3)cn(C)c2c1. The molecule has 2 aromatic rings. The number of rotatable bonds is 2. The smallest absolute Gasteiger partial charge is 0.0483 e. The first-order chi connectivity index (χ1) is 8.74. The molecule has 3 rings (SSSR count). The van der Waals surface area contributed by atoms with E-state index in [-0.39, 0.29) is 0 Å². The Kier molecular flexibility index (Phi) is 3.13. The van der Waals surface area contributed by atoms with Crippen molar-refractivity contribution in [3.63, 3.8) is 0 Å². The summed E-state index contributed by atoms with van der Waals surface area (Å²) in [5.74, 6) is 0.811. The van der Waals surface area contributed by atoms with Crippen LogP contribution in [0, 0.1) is 12.8 Å². The fourth-order valence-corrected chi connectivity index (χ4v) is 3.15. The molecule has 1 N–H and O–H groups in total. The Morgan fingerprint density at radius 3 is 3.06 bits per heavy atom. The van der Waals surface area contributed by atoms with Crippen LogP contribution in [0.3, 0.4) is 0 Å². The molecule has 1 atom stereocenters. The van der Waals surface area contributed by atoms with Gasteiger partial charge in [0.2, 0.25) is 0 Å². The molecule has 1 aromatic heterocycles. The molecule has 0 saturated carbocycles. The van der Waals surface area contributed by atoms with E-state index in [0.717, 1.165) is 5.92 Å². The van der Waals surface area contributed by atoms with E-state index >= 15 is 0 Å². The van der Waals surface area contributed by atoms with E-state index < -0.39 is 0 Å². The van der Waals surface area contributed by atoms with Crippen LogP contribution in [-0.2, 0) is 13.5 Å². The van der Waals surface area contributed by atoms with E-state index in [1.165, 1.54) is 54.4 Å². The molecule has 1 unspecified atom stereocenters. The van der Waals surface area contributed by atoms with E-state index in [2.05, 4.69) is 48.3 Å². The monoisotopic (exact) mass is 242 g/mol. The Labute approximate surface area is 109 Å². The molecule has 1 aromatic carbocycles. The predicted octanol–water partition coefficient (Wildman–Crippen LogP) is 3.03. The Hall–Kier alpha value is -1.28. The van der Waals surface area contributed by atoms with Crippen LogP contribution < -0.4 is 5.32 Å². The average Bonchev–Trinajstić information content (AvgIpc) is 2.67. The molecule has 18 heavy (non-hydrogen) atoms. The molecule has 0 bridgehead atoms. The van der Waals surface area contributed by atoms with Crippen molar-refractivity contribution in [1.82, 2.24) is 9.88 Å². The summed E-state index contributed by atoms with van der Waals surface area (Å²) in [6.07, 6.45) is 6.23. The third kappa shape index (κ3) is 2.17. The molecule has 0 amide bonds. The summed E-state index contributed by atoms with van der Waals surface area (Å²) in [5, 5.41) is 4.95.